The molecule has 114 valence electrons. The maximum Gasteiger partial charge on any atom is 0.190 e. The van der Waals surface area contributed by atoms with Crippen molar-refractivity contribution in [2.45, 2.75) is 83.0 Å². The lowest BCUT2D eigenvalue weighted by Gasteiger charge is -2.34. The quantitative estimate of drug-likeness (QED) is 0.734. The van der Waals surface area contributed by atoms with Crippen molar-refractivity contribution in [2.75, 3.05) is 0 Å². The minimum Gasteiger partial charge on any atom is -0.492 e. The first-order valence-corrected chi connectivity index (χ1v) is 7.92. The average Bonchev–Trinajstić information content (AvgIpc) is 2.47. The van der Waals surface area contributed by atoms with Gasteiger partial charge in [-0.05, 0) is 25.7 Å². The van der Waals surface area contributed by atoms with Crippen LogP contribution >= 0.6 is 0 Å². The maximum atomic E-state index is 11.8. The van der Waals surface area contributed by atoms with Crippen LogP contribution in [0.15, 0.2) is 11.3 Å². The minimum absolute atomic E-state index is 0.179. The van der Waals surface area contributed by atoms with Crippen molar-refractivity contribution in [3.8, 4) is 0 Å². The second kappa shape index (κ2) is 7.23. The van der Waals surface area contributed by atoms with Crippen LogP contribution in [0, 0.1) is 0 Å². The van der Waals surface area contributed by atoms with E-state index in [1.54, 1.807) is 0 Å². The summed E-state index contributed by atoms with van der Waals surface area (Å²) in [5, 5.41) is 19.8. The van der Waals surface area contributed by atoms with E-state index in [2.05, 4.69) is 6.92 Å². The number of hydrogen-bond acceptors (Lipinski definition) is 4. The zero-order valence-corrected chi connectivity index (χ0v) is 12.3. The lowest BCUT2D eigenvalue weighted by molar-refractivity contribution is -0.126. The van der Waals surface area contributed by atoms with Gasteiger partial charge in [0.15, 0.2) is 5.78 Å². The van der Waals surface area contributed by atoms with Crippen LogP contribution in [-0.4, -0.2) is 34.3 Å². The van der Waals surface area contributed by atoms with Crippen molar-refractivity contribution in [1.82, 2.24) is 0 Å². The fourth-order valence-corrected chi connectivity index (χ4v) is 3.05. The molecule has 0 bridgehead atoms. The van der Waals surface area contributed by atoms with Crippen LogP contribution < -0.4 is 0 Å². The van der Waals surface area contributed by atoms with E-state index in [1.165, 1.54) is 12.8 Å². The molecule has 3 atom stereocenters. The van der Waals surface area contributed by atoms with E-state index in [4.69, 9.17) is 4.74 Å². The Morgan fingerprint density at radius 3 is 2.80 bits per heavy atom. The van der Waals surface area contributed by atoms with E-state index in [0.29, 0.717) is 37.0 Å². The van der Waals surface area contributed by atoms with Crippen molar-refractivity contribution in [1.29, 1.82) is 0 Å². The number of rotatable bonds is 6. The standard InChI is InChI=1S/C16H26O4/c1-2-3-4-5-6-12(17)15-9-7-11-14(20-15)10-8-13(18)16(11)19/h12-13,15,17-18H,2-10H2,1H3/t12-,13?,15-/m0/s1. The van der Waals surface area contributed by atoms with Gasteiger partial charge in [-0.2, -0.15) is 0 Å². The highest BCUT2D eigenvalue weighted by molar-refractivity contribution is 6.00. The highest BCUT2D eigenvalue weighted by Crippen LogP contribution is 2.34. The highest BCUT2D eigenvalue weighted by atomic mass is 16.5. The Balaban J connectivity index is 1.85. The lowest BCUT2D eigenvalue weighted by Crippen LogP contribution is -2.37. The summed E-state index contributed by atoms with van der Waals surface area (Å²) in [4.78, 5) is 11.8. The summed E-state index contributed by atoms with van der Waals surface area (Å²) < 4.78 is 5.83. The molecule has 0 aromatic carbocycles. The first-order valence-electron chi connectivity index (χ1n) is 7.92. The molecule has 0 fully saturated rings. The van der Waals surface area contributed by atoms with Crippen LogP contribution in [0.25, 0.3) is 0 Å². The number of Topliss-reactive ketones (excluding diaryl/α,β-unsaturated/α-hetero) is 1. The molecule has 0 saturated heterocycles. The lowest BCUT2D eigenvalue weighted by atomic mass is 9.87. The third-order valence-electron chi connectivity index (χ3n) is 4.34. The first-order chi connectivity index (χ1) is 9.63. The van der Waals surface area contributed by atoms with Crippen LogP contribution in [-0.2, 0) is 9.53 Å². The van der Waals surface area contributed by atoms with Gasteiger partial charge in [-0.1, -0.05) is 32.6 Å². The summed E-state index contributed by atoms with van der Waals surface area (Å²) in [5.74, 6) is 0.534. The molecular weight excluding hydrogens is 256 g/mol. The zero-order chi connectivity index (χ0) is 14.5. The van der Waals surface area contributed by atoms with Crippen molar-refractivity contribution in [3.05, 3.63) is 11.3 Å². The van der Waals surface area contributed by atoms with Gasteiger partial charge in [0.05, 0.1) is 6.10 Å². The third-order valence-corrected chi connectivity index (χ3v) is 4.34. The molecule has 0 amide bonds. The second-order valence-electron chi connectivity index (χ2n) is 5.93. The molecule has 1 aliphatic carbocycles. The molecule has 0 aromatic rings. The Morgan fingerprint density at radius 2 is 2.05 bits per heavy atom. The number of hydrogen-bond donors (Lipinski definition) is 2. The zero-order valence-electron chi connectivity index (χ0n) is 12.3. The number of carbonyl (C=O) groups excluding carboxylic acids is 1. The molecule has 4 heteroatoms. The summed E-state index contributed by atoms with van der Waals surface area (Å²) >= 11 is 0. The monoisotopic (exact) mass is 282 g/mol. The summed E-state index contributed by atoms with van der Waals surface area (Å²) in [6.45, 7) is 2.17. The number of ether oxygens (including phenoxy) is 1. The van der Waals surface area contributed by atoms with Crippen molar-refractivity contribution in [2.24, 2.45) is 0 Å². The Bertz CT molecular complexity index is 375. The number of carbonyl (C=O) groups is 1. The number of ketones is 1. The molecule has 2 N–H and O–H groups in total. The van der Waals surface area contributed by atoms with Crippen LogP contribution in [0.4, 0.5) is 0 Å². The fourth-order valence-electron chi connectivity index (χ4n) is 3.05. The topological polar surface area (TPSA) is 66.8 Å². The van der Waals surface area contributed by atoms with E-state index >= 15 is 0 Å². The van der Waals surface area contributed by atoms with Gasteiger partial charge in [0, 0.05) is 12.0 Å². The van der Waals surface area contributed by atoms with Crippen LogP contribution in [0.1, 0.15) is 64.7 Å². The first kappa shape index (κ1) is 15.5. The summed E-state index contributed by atoms with van der Waals surface area (Å²) in [5.41, 5.74) is 0.651. The van der Waals surface area contributed by atoms with E-state index < -0.39 is 12.2 Å². The molecule has 0 spiro atoms. The molecule has 20 heavy (non-hydrogen) atoms. The molecule has 0 radical (unpaired) electrons. The maximum absolute atomic E-state index is 11.8. The molecule has 0 aromatic heterocycles. The predicted molar refractivity (Wildman–Crippen MR) is 76.1 cm³/mol. The van der Waals surface area contributed by atoms with Gasteiger partial charge in [0.2, 0.25) is 0 Å². The van der Waals surface area contributed by atoms with Crippen LogP contribution in [0.5, 0.6) is 0 Å². The van der Waals surface area contributed by atoms with Gasteiger partial charge in [-0.3, -0.25) is 4.79 Å². The molecule has 4 nitrogen and oxygen atoms in total. The van der Waals surface area contributed by atoms with Gasteiger partial charge in [0.1, 0.15) is 18.0 Å². The summed E-state index contributed by atoms with van der Waals surface area (Å²) in [6.07, 6.45) is 6.22. The van der Waals surface area contributed by atoms with Gasteiger partial charge >= 0.3 is 0 Å². The van der Waals surface area contributed by atoms with Crippen molar-refractivity contribution >= 4 is 5.78 Å². The number of unbranched alkanes of at least 4 members (excludes halogenated alkanes) is 3. The van der Waals surface area contributed by atoms with E-state index in [1.807, 2.05) is 0 Å². The van der Waals surface area contributed by atoms with Gasteiger partial charge in [-0.25, -0.2) is 0 Å². The Hall–Kier alpha value is -0.870. The summed E-state index contributed by atoms with van der Waals surface area (Å²) in [7, 11) is 0. The molecule has 1 aliphatic heterocycles. The molecule has 1 heterocycles. The third kappa shape index (κ3) is 3.61. The van der Waals surface area contributed by atoms with Crippen LogP contribution in [0.2, 0.25) is 0 Å². The SMILES string of the molecule is CCCCCC[C@H](O)[C@@H]1CCC2=C(CCC(O)C2=O)O1. The summed E-state index contributed by atoms with van der Waals surface area (Å²) in [6, 6.07) is 0. The Kier molecular flexibility index (Phi) is 5.61. The van der Waals surface area contributed by atoms with Gasteiger partial charge in [-0.15, -0.1) is 0 Å². The molecule has 1 unspecified atom stereocenters. The smallest absolute Gasteiger partial charge is 0.190 e. The number of allylic oxidation sites excluding steroid dienone is 1. The minimum atomic E-state index is -0.854. The van der Waals surface area contributed by atoms with Gasteiger partial charge < -0.3 is 14.9 Å². The predicted octanol–water partition coefficient (Wildman–Crippen LogP) is 2.47. The van der Waals surface area contributed by atoms with Gasteiger partial charge in [0.25, 0.3) is 0 Å². The largest absolute Gasteiger partial charge is 0.492 e. The molecule has 2 rings (SSSR count). The number of aliphatic hydroxyl groups is 2. The number of aliphatic hydroxyl groups excluding tert-OH is 2. The van der Waals surface area contributed by atoms with Crippen LogP contribution in [0.3, 0.4) is 0 Å². The van der Waals surface area contributed by atoms with E-state index in [0.717, 1.165) is 19.3 Å². The van der Waals surface area contributed by atoms with E-state index in [9.17, 15) is 15.0 Å². The Morgan fingerprint density at radius 1 is 1.25 bits per heavy atom. The van der Waals surface area contributed by atoms with E-state index in [-0.39, 0.29) is 11.9 Å². The normalized spacial score (nSPS) is 28.1. The molecular formula is C16H26O4. The molecule has 2 aliphatic rings. The Labute approximate surface area is 120 Å². The fraction of sp³-hybridized carbons (Fsp3) is 0.812. The molecule has 0 saturated carbocycles. The highest BCUT2D eigenvalue weighted by Gasteiger charge is 2.35. The van der Waals surface area contributed by atoms with Crippen molar-refractivity contribution in [3.63, 3.8) is 0 Å². The van der Waals surface area contributed by atoms with Crippen molar-refractivity contribution < 1.29 is 19.7 Å². The average molecular weight is 282 g/mol. The second-order valence-corrected chi connectivity index (χ2v) is 5.93.